The van der Waals surface area contributed by atoms with Crippen molar-refractivity contribution < 1.29 is 31.4 Å². The summed E-state index contributed by atoms with van der Waals surface area (Å²) in [5.74, 6) is 0.218. The molecule has 0 spiro atoms. The molecule has 134 valence electrons. The van der Waals surface area contributed by atoms with E-state index in [0.717, 1.165) is 0 Å². The van der Waals surface area contributed by atoms with Gasteiger partial charge in [-0.15, -0.1) is 24.0 Å². The van der Waals surface area contributed by atoms with E-state index in [9.17, 15) is 31.4 Å². The van der Waals surface area contributed by atoms with Crippen LogP contribution in [-0.2, 0) is 5.60 Å². The molecule has 0 saturated carbocycles. The normalized spacial score (nSPS) is 12.8. The predicted octanol–water partition coefficient (Wildman–Crippen LogP) is 4.69. The van der Waals surface area contributed by atoms with Crippen LogP contribution in [0, 0.1) is 13.8 Å². The van der Waals surface area contributed by atoms with Crippen molar-refractivity contribution in [1.82, 2.24) is 0 Å². The first kappa shape index (κ1) is 22.1. The molecule has 0 aliphatic carbocycles. The minimum Gasteiger partial charge on any atom is -0.383 e. The van der Waals surface area contributed by atoms with Gasteiger partial charge in [-0.1, -0.05) is 12.1 Å². The van der Waals surface area contributed by atoms with E-state index in [1.165, 1.54) is 13.8 Å². The summed E-state index contributed by atoms with van der Waals surface area (Å²) in [5.41, 5.74) is -5.50. The smallest absolute Gasteiger partial charge is 0.383 e. The Morgan fingerprint density at radius 2 is 1.39 bits per heavy atom. The van der Waals surface area contributed by atoms with Gasteiger partial charge in [0.1, 0.15) is 0 Å². The molecule has 0 fully saturated rings. The van der Waals surface area contributed by atoms with Gasteiger partial charge in [0.15, 0.2) is 0 Å². The van der Waals surface area contributed by atoms with Gasteiger partial charge < -0.3 is 10.4 Å². The molecule has 0 saturated heterocycles. The van der Waals surface area contributed by atoms with Crippen LogP contribution in [0.5, 0.6) is 0 Å². The molecule has 2 nitrogen and oxygen atoms in total. The molecule has 0 amide bonds. The maximum Gasteiger partial charge on any atom is 0.430 e. The molecule has 0 heterocycles. The number of alkyl halides is 7. The first-order chi connectivity index (χ1) is 9.86. The Balaban J connectivity index is 0.00000484. The van der Waals surface area contributed by atoms with E-state index in [2.05, 4.69) is 5.32 Å². The molecule has 2 N–H and O–H groups in total. The molecule has 0 bridgehead atoms. The summed E-state index contributed by atoms with van der Waals surface area (Å²) in [6.45, 7) is 2.99. The van der Waals surface area contributed by atoms with E-state index in [1.807, 2.05) is 0 Å². The van der Waals surface area contributed by atoms with Crippen molar-refractivity contribution in [3.8, 4) is 0 Å². The number of rotatable bonds is 4. The summed E-state index contributed by atoms with van der Waals surface area (Å²) in [5, 5.41) is 12.2. The maximum atomic E-state index is 12.8. The van der Waals surface area contributed by atoms with E-state index >= 15 is 0 Å². The second kappa shape index (κ2) is 7.36. The van der Waals surface area contributed by atoms with E-state index in [-0.39, 0.29) is 29.4 Å². The van der Waals surface area contributed by atoms with Crippen LogP contribution in [0.3, 0.4) is 0 Å². The highest BCUT2D eigenvalue weighted by Crippen LogP contribution is 2.50. The van der Waals surface area contributed by atoms with E-state index in [1.54, 1.807) is 0 Å². The van der Waals surface area contributed by atoms with Crippen molar-refractivity contribution in [3.05, 3.63) is 28.8 Å². The van der Waals surface area contributed by atoms with Crippen LogP contribution in [-0.4, -0.2) is 29.9 Å². The van der Waals surface area contributed by atoms with E-state index in [4.69, 9.17) is 11.6 Å². The Morgan fingerprint density at radius 1 is 1.00 bits per heavy atom. The predicted molar refractivity (Wildman–Crippen MR) is 78.4 cm³/mol. The van der Waals surface area contributed by atoms with Crippen LogP contribution in [0.25, 0.3) is 0 Å². The number of halogens is 8. The fourth-order valence-corrected chi connectivity index (χ4v) is 2.21. The largest absolute Gasteiger partial charge is 0.430 e. The third-order valence-electron chi connectivity index (χ3n) is 3.17. The second-order valence-electron chi connectivity index (χ2n) is 4.81. The van der Waals surface area contributed by atoms with Crippen molar-refractivity contribution in [2.24, 2.45) is 0 Å². The van der Waals surface area contributed by atoms with E-state index in [0.29, 0.717) is 24.4 Å². The lowest BCUT2D eigenvalue weighted by molar-refractivity contribution is -0.376. The number of benzene rings is 1. The SMILES string of the molecule is Cc1cc(C(O)(C(F)(F)F)C(F)(F)F)cc(C)c1NCCCl.Cl. The molecule has 0 aromatic heterocycles. The Hall–Kier alpha value is -0.860. The van der Waals surface area contributed by atoms with Crippen molar-refractivity contribution in [2.75, 3.05) is 17.7 Å². The van der Waals surface area contributed by atoms with Gasteiger partial charge in [0, 0.05) is 23.7 Å². The highest BCUT2D eigenvalue weighted by atomic mass is 35.5. The quantitative estimate of drug-likeness (QED) is 0.582. The highest BCUT2D eigenvalue weighted by molar-refractivity contribution is 6.18. The first-order valence-electron chi connectivity index (χ1n) is 6.13. The molecule has 23 heavy (non-hydrogen) atoms. The topological polar surface area (TPSA) is 32.3 Å². The monoisotopic (exact) mass is 385 g/mol. The van der Waals surface area contributed by atoms with Crippen LogP contribution in [0.4, 0.5) is 32.0 Å². The fourth-order valence-electron chi connectivity index (χ4n) is 2.11. The maximum absolute atomic E-state index is 12.8. The minimum absolute atomic E-state index is 0. The van der Waals surface area contributed by atoms with Gasteiger partial charge in [-0.3, -0.25) is 0 Å². The molecule has 0 unspecified atom stereocenters. The Labute approximate surface area is 140 Å². The van der Waals surface area contributed by atoms with Crippen molar-refractivity contribution in [1.29, 1.82) is 0 Å². The zero-order valence-corrected chi connectivity index (χ0v) is 13.6. The van der Waals surface area contributed by atoms with Gasteiger partial charge in [0.2, 0.25) is 0 Å². The number of nitrogens with one attached hydrogen (secondary N) is 1. The zero-order valence-electron chi connectivity index (χ0n) is 12.1. The van der Waals surface area contributed by atoms with Crippen LogP contribution in [0.2, 0.25) is 0 Å². The standard InChI is InChI=1S/C13H14ClF6NO.ClH/c1-7-5-9(6-8(2)10(7)21-4-3-14)11(22,12(15,16)17)13(18,19)20;/h5-6,21-22H,3-4H2,1-2H3;1H. The molecule has 0 radical (unpaired) electrons. The van der Waals surface area contributed by atoms with Crippen LogP contribution >= 0.6 is 24.0 Å². The van der Waals surface area contributed by atoms with Crippen LogP contribution in [0.1, 0.15) is 16.7 Å². The summed E-state index contributed by atoms with van der Waals surface area (Å²) >= 11 is 5.48. The summed E-state index contributed by atoms with van der Waals surface area (Å²) in [7, 11) is 0. The molecule has 1 aromatic rings. The lowest BCUT2D eigenvalue weighted by atomic mass is 9.89. The van der Waals surface area contributed by atoms with Crippen molar-refractivity contribution in [2.45, 2.75) is 31.8 Å². The summed E-state index contributed by atoms with van der Waals surface area (Å²) < 4.78 is 77.1. The molecule has 10 heteroatoms. The Bertz CT molecular complexity index is 507. The number of anilines is 1. The van der Waals surface area contributed by atoms with Gasteiger partial charge in [0.25, 0.3) is 5.60 Å². The number of hydrogen-bond acceptors (Lipinski definition) is 2. The average molecular weight is 386 g/mol. The summed E-state index contributed by atoms with van der Waals surface area (Å²) in [6.07, 6.45) is -11.8. The molecule has 1 rings (SSSR count). The van der Waals surface area contributed by atoms with Crippen molar-refractivity contribution >= 4 is 29.7 Å². The second-order valence-corrected chi connectivity index (χ2v) is 5.18. The Morgan fingerprint density at radius 3 is 1.70 bits per heavy atom. The molecule has 0 aliphatic rings. The molecule has 0 atom stereocenters. The van der Waals surface area contributed by atoms with Crippen LogP contribution in [0.15, 0.2) is 12.1 Å². The summed E-state index contributed by atoms with van der Waals surface area (Å²) in [6, 6.07) is 1.34. The summed E-state index contributed by atoms with van der Waals surface area (Å²) in [4.78, 5) is 0. The minimum atomic E-state index is -5.89. The van der Waals surface area contributed by atoms with Gasteiger partial charge in [-0.25, -0.2) is 0 Å². The molecule has 0 aliphatic heterocycles. The van der Waals surface area contributed by atoms with Gasteiger partial charge in [0.05, 0.1) is 0 Å². The fraction of sp³-hybridized carbons (Fsp3) is 0.538. The van der Waals surface area contributed by atoms with Gasteiger partial charge in [-0.2, -0.15) is 26.3 Å². The Kier molecular flexibility index (Phi) is 7.08. The molecule has 1 aromatic carbocycles. The lowest BCUT2D eigenvalue weighted by Crippen LogP contribution is -2.54. The lowest BCUT2D eigenvalue weighted by Gasteiger charge is -2.33. The third kappa shape index (κ3) is 4.16. The average Bonchev–Trinajstić information content (AvgIpc) is 2.33. The van der Waals surface area contributed by atoms with E-state index < -0.39 is 23.5 Å². The first-order valence-corrected chi connectivity index (χ1v) is 6.67. The third-order valence-corrected chi connectivity index (χ3v) is 3.36. The molecular weight excluding hydrogens is 371 g/mol. The number of aryl methyl sites for hydroxylation is 2. The van der Waals surface area contributed by atoms with Gasteiger partial charge >= 0.3 is 12.4 Å². The van der Waals surface area contributed by atoms with Gasteiger partial charge in [-0.05, 0) is 25.0 Å². The highest BCUT2D eigenvalue weighted by Gasteiger charge is 2.71. The zero-order chi connectivity index (χ0) is 17.3. The van der Waals surface area contributed by atoms with Crippen molar-refractivity contribution in [3.63, 3.8) is 0 Å². The number of aliphatic hydroxyl groups is 1. The van der Waals surface area contributed by atoms with Crippen LogP contribution < -0.4 is 5.32 Å². The molecular formula is C13H15Cl2F6NO. The number of hydrogen-bond donors (Lipinski definition) is 2.